The monoisotopic (exact) mass is 281 g/mol. The van der Waals surface area contributed by atoms with Crippen LogP contribution in [0.4, 0.5) is 5.69 Å². The Morgan fingerprint density at radius 2 is 2.00 bits per heavy atom. The lowest BCUT2D eigenvalue weighted by atomic mass is 10.2. The van der Waals surface area contributed by atoms with Gasteiger partial charge in [-0.1, -0.05) is 13.8 Å². The van der Waals surface area contributed by atoms with E-state index in [1.165, 1.54) is 4.68 Å². The maximum Gasteiger partial charge on any atom is 0.271 e. The van der Waals surface area contributed by atoms with Crippen LogP contribution < -0.4 is 16.4 Å². The lowest BCUT2D eigenvalue weighted by molar-refractivity contribution is -0.121. The zero-order valence-corrected chi connectivity index (χ0v) is 12.5. The minimum Gasteiger partial charge on any atom is -0.395 e. The van der Waals surface area contributed by atoms with Crippen LogP contribution in [0.15, 0.2) is 0 Å². The fourth-order valence-electron chi connectivity index (χ4n) is 1.72. The lowest BCUT2D eigenvalue weighted by Crippen LogP contribution is -2.33. The zero-order chi connectivity index (χ0) is 15.3. The van der Waals surface area contributed by atoms with E-state index in [0.29, 0.717) is 29.5 Å². The van der Waals surface area contributed by atoms with E-state index in [2.05, 4.69) is 15.7 Å². The number of aryl methyl sites for hydroxylation is 2. The molecule has 0 saturated carbocycles. The van der Waals surface area contributed by atoms with Crippen molar-refractivity contribution in [2.45, 2.75) is 27.2 Å². The van der Waals surface area contributed by atoms with Crippen LogP contribution >= 0.6 is 0 Å². The van der Waals surface area contributed by atoms with E-state index in [0.717, 1.165) is 0 Å². The standard InChI is InChI=1S/C13H23N5O2/c1-8(2)7-16-10(19)5-6-15-13(20)12-11(14)9(3)17-18(12)4/h8H,5-7,14H2,1-4H3,(H,15,20)(H,16,19). The number of carbonyl (C=O) groups excluding carboxylic acids is 2. The molecule has 4 N–H and O–H groups in total. The van der Waals surface area contributed by atoms with E-state index in [1.807, 2.05) is 13.8 Å². The van der Waals surface area contributed by atoms with Crippen LogP contribution in [-0.4, -0.2) is 34.7 Å². The third kappa shape index (κ3) is 4.25. The molecule has 0 aliphatic rings. The second kappa shape index (κ2) is 6.93. The molecule has 0 saturated heterocycles. The summed E-state index contributed by atoms with van der Waals surface area (Å²) < 4.78 is 1.44. The molecular formula is C13H23N5O2. The van der Waals surface area contributed by atoms with Gasteiger partial charge in [-0.05, 0) is 12.8 Å². The van der Waals surface area contributed by atoms with Crippen LogP contribution in [0.3, 0.4) is 0 Å². The van der Waals surface area contributed by atoms with Crippen molar-refractivity contribution in [3.05, 3.63) is 11.4 Å². The van der Waals surface area contributed by atoms with E-state index < -0.39 is 0 Å². The van der Waals surface area contributed by atoms with Crippen LogP contribution in [0.5, 0.6) is 0 Å². The van der Waals surface area contributed by atoms with Crippen molar-refractivity contribution in [2.24, 2.45) is 13.0 Å². The molecule has 20 heavy (non-hydrogen) atoms. The fraction of sp³-hybridized carbons (Fsp3) is 0.615. The Hall–Kier alpha value is -2.05. The second-order valence-electron chi connectivity index (χ2n) is 5.18. The van der Waals surface area contributed by atoms with E-state index in [4.69, 9.17) is 5.73 Å². The van der Waals surface area contributed by atoms with Crippen LogP contribution in [0.1, 0.15) is 36.5 Å². The number of nitrogens with two attached hydrogens (primary N) is 1. The number of nitrogens with zero attached hydrogens (tertiary/aromatic N) is 2. The first-order valence-corrected chi connectivity index (χ1v) is 6.66. The highest BCUT2D eigenvalue weighted by atomic mass is 16.2. The van der Waals surface area contributed by atoms with Crippen LogP contribution in [-0.2, 0) is 11.8 Å². The molecule has 0 aromatic carbocycles. The summed E-state index contributed by atoms with van der Waals surface area (Å²) in [6.45, 7) is 6.70. The van der Waals surface area contributed by atoms with Gasteiger partial charge in [0.05, 0.1) is 11.4 Å². The smallest absolute Gasteiger partial charge is 0.271 e. The highest BCUT2D eigenvalue weighted by Gasteiger charge is 2.17. The first-order valence-electron chi connectivity index (χ1n) is 6.66. The molecule has 1 rings (SSSR count). The number of amides is 2. The number of aromatic nitrogens is 2. The Labute approximate surface area is 118 Å². The van der Waals surface area contributed by atoms with E-state index >= 15 is 0 Å². The Morgan fingerprint density at radius 3 is 2.50 bits per heavy atom. The normalized spacial score (nSPS) is 10.7. The molecule has 0 radical (unpaired) electrons. The van der Waals surface area contributed by atoms with Gasteiger partial charge in [0.15, 0.2) is 0 Å². The number of hydrogen-bond donors (Lipinski definition) is 3. The van der Waals surface area contributed by atoms with Gasteiger partial charge in [-0.15, -0.1) is 0 Å². The summed E-state index contributed by atoms with van der Waals surface area (Å²) in [6, 6.07) is 0. The lowest BCUT2D eigenvalue weighted by Gasteiger charge is -2.08. The number of carbonyl (C=O) groups is 2. The predicted molar refractivity (Wildman–Crippen MR) is 77.2 cm³/mol. The average molecular weight is 281 g/mol. The zero-order valence-electron chi connectivity index (χ0n) is 12.5. The van der Waals surface area contributed by atoms with Crippen LogP contribution in [0.2, 0.25) is 0 Å². The Kier molecular flexibility index (Phi) is 5.54. The van der Waals surface area contributed by atoms with E-state index in [9.17, 15) is 9.59 Å². The summed E-state index contributed by atoms with van der Waals surface area (Å²) >= 11 is 0. The minimum atomic E-state index is -0.317. The molecule has 0 aliphatic heterocycles. The number of anilines is 1. The van der Waals surface area contributed by atoms with Gasteiger partial charge in [-0.2, -0.15) is 5.10 Å². The summed E-state index contributed by atoms with van der Waals surface area (Å²) in [5.41, 5.74) is 7.11. The summed E-state index contributed by atoms with van der Waals surface area (Å²) in [4.78, 5) is 23.5. The van der Waals surface area contributed by atoms with Crippen molar-refractivity contribution in [2.75, 3.05) is 18.8 Å². The average Bonchev–Trinajstić information content (AvgIpc) is 2.60. The SMILES string of the molecule is Cc1nn(C)c(C(=O)NCCC(=O)NCC(C)C)c1N. The molecular weight excluding hydrogens is 258 g/mol. The van der Waals surface area contributed by atoms with Crippen molar-refractivity contribution in [1.29, 1.82) is 0 Å². The summed E-state index contributed by atoms with van der Waals surface area (Å²) in [7, 11) is 1.66. The van der Waals surface area contributed by atoms with Gasteiger partial charge >= 0.3 is 0 Å². The van der Waals surface area contributed by atoms with Crippen molar-refractivity contribution in [1.82, 2.24) is 20.4 Å². The number of nitrogens with one attached hydrogen (secondary N) is 2. The van der Waals surface area contributed by atoms with Crippen LogP contribution in [0.25, 0.3) is 0 Å². The molecule has 7 nitrogen and oxygen atoms in total. The highest BCUT2D eigenvalue weighted by Crippen LogP contribution is 2.14. The van der Waals surface area contributed by atoms with Gasteiger partial charge in [0, 0.05) is 26.6 Å². The molecule has 2 amide bonds. The topological polar surface area (TPSA) is 102 Å². The quantitative estimate of drug-likeness (QED) is 0.693. The highest BCUT2D eigenvalue weighted by molar-refractivity contribution is 5.98. The molecule has 0 aliphatic carbocycles. The van der Waals surface area contributed by atoms with Crippen LogP contribution in [0, 0.1) is 12.8 Å². The fourth-order valence-corrected chi connectivity index (χ4v) is 1.72. The molecule has 0 spiro atoms. The predicted octanol–water partition coefficient (Wildman–Crippen LogP) is 0.203. The van der Waals surface area contributed by atoms with E-state index in [-0.39, 0.29) is 24.8 Å². The largest absolute Gasteiger partial charge is 0.395 e. The maximum absolute atomic E-state index is 12.0. The molecule has 0 bridgehead atoms. The van der Waals surface area contributed by atoms with Gasteiger partial charge in [-0.25, -0.2) is 0 Å². The molecule has 0 fully saturated rings. The number of nitrogen functional groups attached to an aromatic ring is 1. The van der Waals surface area contributed by atoms with Gasteiger partial charge in [0.25, 0.3) is 5.91 Å². The van der Waals surface area contributed by atoms with Crippen molar-refractivity contribution in [3.8, 4) is 0 Å². The Bertz CT molecular complexity index is 493. The molecule has 7 heteroatoms. The number of hydrogen-bond acceptors (Lipinski definition) is 4. The van der Waals surface area contributed by atoms with Gasteiger partial charge in [0.1, 0.15) is 5.69 Å². The molecule has 1 aromatic heterocycles. The van der Waals surface area contributed by atoms with E-state index in [1.54, 1.807) is 14.0 Å². The third-order valence-corrected chi connectivity index (χ3v) is 2.83. The molecule has 1 aromatic rings. The molecule has 1 heterocycles. The first kappa shape index (κ1) is 16.0. The number of rotatable bonds is 6. The summed E-state index contributed by atoms with van der Waals surface area (Å²) in [6.07, 6.45) is 0.245. The summed E-state index contributed by atoms with van der Waals surface area (Å²) in [5, 5.41) is 9.54. The molecule has 0 unspecified atom stereocenters. The molecule has 0 atom stereocenters. The van der Waals surface area contributed by atoms with Gasteiger partial charge in [-0.3, -0.25) is 14.3 Å². The first-order chi connectivity index (χ1) is 9.32. The maximum atomic E-state index is 12.0. The van der Waals surface area contributed by atoms with Crippen molar-refractivity contribution >= 4 is 17.5 Å². The summed E-state index contributed by atoms with van der Waals surface area (Å²) in [5.74, 6) is 0.0150. The second-order valence-corrected chi connectivity index (χ2v) is 5.18. The Balaban J connectivity index is 2.42. The van der Waals surface area contributed by atoms with Gasteiger partial charge < -0.3 is 16.4 Å². The van der Waals surface area contributed by atoms with Gasteiger partial charge in [0.2, 0.25) is 5.91 Å². The Morgan fingerprint density at radius 1 is 1.35 bits per heavy atom. The molecule has 112 valence electrons. The van der Waals surface area contributed by atoms with Crippen molar-refractivity contribution < 1.29 is 9.59 Å². The third-order valence-electron chi connectivity index (χ3n) is 2.83. The van der Waals surface area contributed by atoms with Crippen molar-refractivity contribution in [3.63, 3.8) is 0 Å². The minimum absolute atomic E-state index is 0.0758.